The summed E-state index contributed by atoms with van der Waals surface area (Å²) in [5, 5.41) is 70.1. The van der Waals surface area contributed by atoms with Crippen molar-refractivity contribution >= 4 is 0 Å². The fourth-order valence-corrected chi connectivity index (χ4v) is 3.51. The molecule has 9 atom stereocenters. The van der Waals surface area contributed by atoms with E-state index in [-0.39, 0.29) is 12.4 Å². The van der Waals surface area contributed by atoms with Crippen molar-refractivity contribution < 1.29 is 54.7 Å². The van der Waals surface area contributed by atoms with Crippen molar-refractivity contribution in [2.75, 3.05) is 13.2 Å². The third-order valence-corrected chi connectivity index (χ3v) is 5.38. The van der Waals surface area contributed by atoms with Crippen LogP contribution in [0.3, 0.4) is 0 Å². The summed E-state index contributed by atoms with van der Waals surface area (Å²) in [6.45, 7) is 2.16. The number of hydrogen-bond donors (Lipinski definition) is 7. The maximum Gasteiger partial charge on any atom is 0.224 e. The molecule has 0 radical (unpaired) electrons. The van der Waals surface area contributed by atoms with Crippen LogP contribution < -0.4 is 0 Å². The van der Waals surface area contributed by atoms with Gasteiger partial charge in [0.25, 0.3) is 0 Å². The van der Waals surface area contributed by atoms with E-state index in [9.17, 15) is 35.7 Å². The van der Waals surface area contributed by atoms with Gasteiger partial charge in [0.1, 0.15) is 61.7 Å². The Morgan fingerprint density at radius 1 is 0.968 bits per heavy atom. The monoisotopic (exact) mass is 444 g/mol. The zero-order chi connectivity index (χ0) is 22.8. The van der Waals surface area contributed by atoms with Gasteiger partial charge >= 0.3 is 0 Å². The Morgan fingerprint density at radius 3 is 2.23 bits per heavy atom. The highest BCUT2D eigenvalue weighted by Crippen LogP contribution is 2.36. The summed E-state index contributed by atoms with van der Waals surface area (Å²) in [7, 11) is 0. The standard InChI is InChI=1S/C20H28O11/c1-10(28-8-11-5-3-2-4-6-11)17-15(25)14(24)16(26)19(29-17)31-20(9-22)18(27)13(23)12(7-21)30-20/h2-6,12-19,21-27H,1,7-9H2/t12-,13?,14?,15-,16?,17?,18?,19-,20+/m1/s1. The molecule has 11 heteroatoms. The molecule has 2 fully saturated rings. The number of aliphatic hydroxyl groups excluding tert-OH is 7. The van der Waals surface area contributed by atoms with Crippen LogP contribution in [0.25, 0.3) is 0 Å². The quantitative estimate of drug-likeness (QED) is 0.208. The molecule has 7 N–H and O–H groups in total. The van der Waals surface area contributed by atoms with Gasteiger partial charge in [0.05, 0.1) is 6.61 Å². The fraction of sp³-hybridized carbons (Fsp3) is 0.600. The second-order valence-electron chi connectivity index (χ2n) is 7.50. The van der Waals surface area contributed by atoms with Crippen molar-refractivity contribution in [3.63, 3.8) is 0 Å². The summed E-state index contributed by atoms with van der Waals surface area (Å²) in [6, 6.07) is 9.07. The maximum absolute atomic E-state index is 10.3. The Balaban J connectivity index is 1.72. The molecule has 1 aromatic carbocycles. The summed E-state index contributed by atoms with van der Waals surface area (Å²) in [5.41, 5.74) is 0.813. The Kier molecular flexibility index (Phi) is 7.65. The lowest BCUT2D eigenvalue weighted by Crippen LogP contribution is -2.62. The normalized spacial score (nSPS) is 40.6. The smallest absolute Gasteiger partial charge is 0.224 e. The van der Waals surface area contributed by atoms with E-state index in [4.69, 9.17) is 18.9 Å². The predicted octanol–water partition coefficient (Wildman–Crippen LogP) is -2.66. The molecule has 0 aromatic heterocycles. The summed E-state index contributed by atoms with van der Waals surface area (Å²) in [6.07, 6.45) is -12.9. The average molecular weight is 444 g/mol. The Morgan fingerprint density at radius 2 is 1.65 bits per heavy atom. The van der Waals surface area contributed by atoms with Gasteiger partial charge in [0.2, 0.25) is 5.79 Å². The fourth-order valence-electron chi connectivity index (χ4n) is 3.51. The summed E-state index contributed by atoms with van der Waals surface area (Å²) < 4.78 is 21.8. The van der Waals surface area contributed by atoms with E-state index in [0.29, 0.717) is 0 Å². The molecule has 11 nitrogen and oxygen atoms in total. The Bertz CT molecular complexity index is 731. The van der Waals surface area contributed by atoms with Crippen molar-refractivity contribution in [2.45, 2.75) is 61.4 Å². The van der Waals surface area contributed by atoms with E-state index >= 15 is 0 Å². The van der Waals surface area contributed by atoms with E-state index in [1.807, 2.05) is 30.3 Å². The van der Waals surface area contributed by atoms with Crippen LogP contribution in [0.2, 0.25) is 0 Å². The number of benzene rings is 1. The minimum atomic E-state index is -2.25. The molecule has 5 unspecified atom stereocenters. The second-order valence-corrected chi connectivity index (χ2v) is 7.50. The summed E-state index contributed by atoms with van der Waals surface area (Å²) >= 11 is 0. The van der Waals surface area contributed by atoms with Gasteiger partial charge < -0.3 is 54.7 Å². The number of hydrogen-bond acceptors (Lipinski definition) is 11. The maximum atomic E-state index is 10.3. The van der Waals surface area contributed by atoms with Crippen LogP contribution in [0.1, 0.15) is 5.56 Å². The van der Waals surface area contributed by atoms with Crippen molar-refractivity contribution in [1.29, 1.82) is 0 Å². The van der Waals surface area contributed by atoms with Crippen LogP contribution in [0.4, 0.5) is 0 Å². The first-order valence-corrected chi connectivity index (χ1v) is 9.72. The molecular weight excluding hydrogens is 416 g/mol. The van der Waals surface area contributed by atoms with Crippen LogP contribution in [0.15, 0.2) is 42.7 Å². The van der Waals surface area contributed by atoms with Gasteiger partial charge in [-0.05, 0) is 5.56 Å². The highest BCUT2D eigenvalue weighted by atomic mass is 16.8. The molecule has 31 heavy (non-hydrogen) atoms. The van der Waals surface area contributed by atoms with Crippen LogP contribution in [-0.4, -0.2) is 104 Å². The van der Waals surface area contributed by atoms with Crippen molar-refractivity contribution in [3.8, 4) is 0 Å². The number of rotatable bonds is 8. The van der Waals surface area contributed by atoms with E-state index in [1.165, 1.54) is 0 Å². The Hall–Kier alpha value is -1.64. The molecule has 1 aromatic rings. The lowest BCUT2D eigenvalue weighted by atomic mass is 9.97. The van der Waals surface area contributed by atoms with E-state index in [1.54, 1.807) is 0 Å². The van der Waals surface area contributed by atoms with Crippen LogP contribution in [0.5, 0.6) is 0 Å². The van der Waals surface area contributed by atoms with Gasteiger partial charge in [-0.3, -0.25) is 0 Å². The molecule has 0 spiro atoms. The van der Waals surface area contributed by atoms with E-state index in [2.05, 4.69) is 6.58 Å². The topological polar surface area (TPSA) is 179 Å². The minimum Gasteiger partial charge on any atom is -0.491 e. The van der Waals surface area contributed by atoms with Crippen molar-refractivity contribution in [3.05, 3.63) is 48.2 Å². The zero-order valence-corrected chi connectivity index (χ0v) is 16.6. The SMILES string of the molecule is C=C(OCc1ccccc1)C1O[C@H](O[C@]2(CO)O[C@H](CO)C(O)C2O)C(O)C(O)[C@H]1O. The zero-order valence-electron chi connectivity index (χ0n) is 16.6. The van der Waals surface area contributed by atoms with Gasteiger partial charge in [0, 0.05) is 0 Å². The average Bonchev–Trinajstić information content (AvgIpc) is 3.03. The third kappa shape index (κ3) is 4.76. The molecule has 2 aliphatic rings. The van der Waals surface area contributed by atoms with E-state index in [0.717, 1.165) is 5.56 Å². The second kappa shape index (κ2) is 9.88. The van der Waals surface area contributed by atoms with Gasteiger partial charge in [0.15, 0.2) is 6.29 Å². The van der Waals surface area contributed by atoms with Crippen molar-refractivity contribution in [2.24, 2.45) is 0 Å². The summed E-state index contributed by atoms with van der Waals surface area (Å²) in [5.74, 6) is -2.31. The molecule has 2 aliphatic heterocycles. The molecule has 2 saturated heterocycles. The highest BCUT2D eigenvalue weighted by molar-refractivity contribution is 5.14. The Labute approximate surface area is 178 Å². The van der Waals surface area contributed by atoms with Crippen LogP contribution in [-0.2, 0) is 25.6 Å². The van der Waals surface area contributed by atoms with Gasteiger partial charge in [-0.25, -0.2) is 0 Å². The lowest BCUT2D eigenvalue weighted by molar-refractivity contribution is -0.380. The number of ether oxygens (including phenoxy) is 4. The molecule has 0 amide bonds. The first kappa shape index (κ1) is 24.0. The lowest BCUT2D eigenvalue weighted by Gasteiger charge is -2.43. The molecule has 3 rings (SSSR count). The first-order valence-electron chi connectivity index (χ1n) is 9.72. The minimum absolute atomic E-state index is 0.0601. The van der Waals surface area contributed by atoms with Gasteiger partial charge in [-0.2, -0.15) is 0 Å². The molecule has 174 valence electrons. The molecular formula is C20H28O11. The van der Waals surface area contributed by atoms with E-state index < -0.39 is 68.0 Å². The summed E-state index contributed by atoms with van der Waals surface area (Å²) in [4.78, 5) is 0. The van der Waals surface area contributed by atoms with Gasteiger partial charge in [-0.15, -0.1) is 0 Å². The van der Waals surface area contributed by atoms with Crippen molar-refractivity contribution in [1.82, 2.24) is 0 Å². The van der Waals surface area contributed by atoms with Crippen LogP contribution >= 0.6 is 0 Å². The molecule has 0 bridgehead atoms. The highest BCUT2D eigenvalue weighted by Gasteiger charge is 2.58. The molecule has 0 aliphatic carbocycles. The van der Waals surface area contributed by atoms with Crippen LogP contribution in [0, 0.1) is 0 Å². The molecule has 2 heterocycles. The van der Waals surface area contributed by atoms with Gasteiger partial charge in [-0.1, -0.05) is 36.9 Å². The first-order chi connectivity index (χ1) is 14.7. The largest absolute Gasteiger partial charge is 0.491 e. The predicted molar refractivity (Wildman–Crippen MR) is 102 cm³/mol. The molecule has 0 saturated carbocycles. The third-order valence-electron chi connectivity index (χ3n) is 5.38. The number of aliphatic hydroxyl groups is 7.